The summed E-state index contributed by atoms with van der Waals surface area (Å²) >= 11 is 0. The minimum absolute atomic E-state index is 0. The summed E-state index contributed by atoms with van der Waals surface area (Å²) in [6, 6.07) is 8.98. The Bertz CT molecular complexity index is 532. The van der Waals surface area contributed by atoms with E-state index in [4.69, 9.17) is 10.5 Å². The van der Waals surface area contributed by atoms with Crippen LogP contribution in [0.4, 0.5) is 11.4 Å². The number of quaternary nitrogens is 1. The standard InChI is InChI=1S/C12H13N3O2.H2O/c1-17-12-7-9(4-5-14-12)8-2-3-10(13)11(6-8)15-16;/h2-7H,13,15H2,1H3;1H2. The molecule has 0 aliphatic rings. The van der Waals surface area contributed by atoms with Crippen molar-refractivity contribution in [2.45, 2.75) is 0 Å². The van der Waals surface area contributed by atoms with Crippen molar-refractivity contribution < 1.29 is 15.7 Å². The van der Waals surface area contributed by atoms with Crippen LogP contribution in [0.5, 0.6) is 5.88 Å². The molecule has 0 spiro atoms. The molecule has 0 saturated carbocycles. The lowest BCUT2D eigenvalue weighted by atomic mass is 10.1. The van der Waals surface area contributed by atoms with Crippen LogP contribution in [0, 0.1) is 5.21 Å². The zero-order chi connectivity index (χ0) is 12.3. The van der Waals surface area contributed by atoms with Gasteiger partial charge in [-0.25, -0.2) is 4.98 Å². The highest BCUT2D eigenvalue weighted by Gasteiger charge is 2.05. The minimum atomic E-state index is 0. The van der Waals surface area contributed by atoms with Gasteiger partial charge in [0.2, 0.25) is 5.88 Å². The Hall–Kier alpha value is -2.15. The van der Waals surface area contributed by atoms with Crippen LogP contribution >= 0.6 is 0 Å². The quantitative estimate of drug-likeness (QED) is 0.596. The maximum absolute atomic E-state index is 10.8. The van der Waals surface area contributed by atoms with Gasteiger partial charge in [-0.3, -0.25) is 0 Å². The fourth-order valence-electron chi connectivity index (χ4n) is 1.56. The van der Waals surface area contributed by atoms with E-state index in [1.54, 1.807) is 31.5 Å². The van der Waals surface area contributed by atoms with Crippen LogP contribution in [-0.2, 0) is 0 Å². The second-order valence-corrected chi connectivity index (χ2v) is 3.55. The van der Waals surface area contributed by atoms with E-state index in [1.165, 1.54) is 0 Å². The third-order valence-electron chi connectivity index (χ3n) is 2.49. The molecule has 2 rings (SSSR count). The van der Waals surface area contributed by atoms with E-state index in [0.717, 1.165) is 16.6 Å². The highest BCUT2D eigenvalue weighted by Crippen LogP contribution is 2.26. The topological polar surface area (TPSA) is 119 Å². The highest BCUT2D eigenvalue weighted by atomic mass is 16.5. The van der Waals surface area contributed by atoms with Crippen LogP contribution in [0.2, 0.25) is 0 Å². The number of pyridine rings is 1. The van der Waals surface area contributed by atoms with Gasteiger partial charge in [-0.05, 0) is 23.3 Å². The van der Waals surface area contributed by atoms with Crippen molar-refractivity contribution >= 4 is 11.4 Å². The van der Waals surface area contributed by atoms with Gasteiger partial charge in [-0.2, -0.15) is 0 Å². The maximum Gasteiger partial charge on any atom is 0.213 e. The zero-order valence-electron chi connectivity index (χ0n) is 9.88. The van der Waals surface area contributed by atoms with Gasteiger partial charge in [0.1, 0.15) is 0 Å². The summed E-state index contributed by atoms with van der Waals surface area (Å²) in [6.45, 7) is 0. The van der Waals surface area contributed by atoms with Gasteiger partial charge in [-0.15, -0.1) is 0 Å². The van der Waals surface area contributed by atoms with Gasteiger partial charge in [-0.1, -0.05) is 6.07 Å². The molecule has 1 heterocycles. The molecule has 2 aromatic rings. The number of nitrogens with zero attached hydrogens (tertiary/aromatic N) is 1. The maximum atomic E-state index is 10.8. The van der Waals surface area contributed by atoms with Crippen molar-refractivity contribution in [3.05, 3.63) is 41.7 Å². The molecule has 18 heavy (non-hydrogen) atoms. The van der Waals surface area contributed by atoms with E-state index < -0.39 is 0 Å². The van der Waals surface area contributed by atoms with E-state index >= 15 is 0 Å². The average molecular weight is 249 g/mol. The van der Waals surface area contributed by atoms with Gasteiger partial charge in [0.05, 0.1) is 12.8 Å². The molecule has 0 saturated heterocycles. The molecule has 0 radical (unpaired) electrons. The number of benzene rings is 1. The van der Waals surface area contributed by atoms with Crippen molar-refractivity contribution in [1.82, 2.24) is 4.98 Å². The Balaban J connectivity index is 0.00000162. The Kier molecular flexibility index (Phi) is 4.61. The Morgan fingerprint density at radius 2 is 1.94 bits per heavy atom. The smallest absolute Gasteiger partial charge is 0.213 e. The number of nitrogen functional groups attached to an aromatic ring is 1. The Morgan fingerprint density at radius 3 is 2.61 bits per heavy atom. The first-order chi connectivity index (χ1) is 8.24. The highest BCUT2D eigenvalue weighted by molar-refractivity contribution is 5.72. The normalized spacial score (nSPS) is 9.67. The third kappa shape index (κ3) is 2.75. The minimum Gasteiger partial charge on any atom is -0.630 e. The summed E-state index contributed by atoms with van der Waals surface area (Å²) in [5.41, 5.74) is 9.21. The third-order valence-corrected chi connectivity index (χ3v) is 2.49. The average Bonchev–Trinajstić information content (AvgIpc) is 2.39. The van der Waals surface area contributed by atoms with Gasteiger partial charge in [0.25, 0.3) is 0 Å². The van der Waals surface area contributed by atoms with Crippen LogP contribution in [0.15, 0.2) is 36.5 Å². The van der Waals surface area contributed by atoms with Crippen LogP contribution in [0.25, 0.3) is 11.1 Å². The Morgan fingerprint density at radius 1 is 1.22 bits per heavy atom. The monoisotopic (exact) mass is 249 g/mol. The van der Waals surface area contributed by atoms with Crippen molar-refractivity contribution in [3.63, 3.8) is 0 Å². The number of hydrogen-bond donors (Lipinski definition) is 2. The van der Waals surface area contributed by atoms with Gasteiger partial charge >= 0.3 is 0 Å². The number of ether oxygens (including phenoxy) is 1. The summed E-state index contributed by atoms with van der Waals surface area (Å²) in [5.74, 6) is 0.534. The Labute approximate surface area is 104 Å². The fourth-order valence-corrected chi connectivity index (χ4v) is 1.56. The first kappa shape index (κ1) is 13.9. The molecule has 0 atom stereocenters. The number of aromatic nitrogens is 1. The van der Waals surface area contributed by atoms with Gasteiger partial charge < -0.3 is 26.6 Å². The number of nitrogens with two attached hydrogens (primary N) is 2. The van der Waals surface area contributed by atoms with Crippen LogP contribution in [0.3, 0.4) is 0 Å². The lowest BCUT2D eigenvalue weighted by Crippen LogP contribution is -2.70. The molecule has 0 bridgehead atoms. The molecular weight excluding hydrogens is 234 g/mol. The van der Waals surface area contributed by atoms with E-state index in [1.807, 2.05) is 12.1 Å². The first-order valence-corrected chi connectivity index (χ1v) is 5.09. The molecule has 0 unspecified atom stereocenters. The number of anilines is 1. The van der Waals surface area contributed by atoms with Crippen molar-refractivity contribution in [3.8, 4) is 17.0 Å². The van der Waals surface area contributed by atoms with Crippen molar-refractivity contribution in [2.24, 2.45) is 0 Å². The van der Waals surface area contributed by atoms with E-state index in [0.29, 0.717) is 17.3 Å². The van der Waals surface area contributed by atoms with Crippen molar-refractivity contribution in [1.29, 1.82) is 0 Å². The molecule has 1 aromatic heterocycles. The van der Waals surface area contributed by atoms with Crippen LogP contribution in [0.1, 0.15) is 0 Å². The SMILES string of the molecule is COc1cc(-c2ccc(N)c([NH2+][O-])c2)ccn1.O. The second-order valence-electron chi connectivity index (χ2n) is 3.55. The lowest BCUT2D eigenvalue weighted by Gasteiger charge is -2.08. The summed E-state index contributed by atoms with van der Waals surface area (Å²) < 4.78 is 5.05. The molecule has 0 fully saturated rings. The summed E-state index contributed by atoms with van der Waals surface area (Å²) in [7, 11) is 1.56. The molecule has 1 aromatic carbocycles. The van der Waals surface area contributed by atoms with Crippen molar-refractivity contribution in [2.75, 3.05) is 12.8 Å². The number of rotatable bonds is 3. The predicted octanol–water partition coefficient (Wildman–Crippen LogP) is 0.207. The number of hydrogen-bond acceptors (Lipinski definition) is 4. The molecule has 6 heteroatoms. The number of methoxy groups -OCH3 is 1. The molecule has 96 valence electrons. The first-order valence-electron chi connectivity index (χ1n) is 5.09. The van der Waals surface area contributed by atoms with E-state index in [-0.39, 0.29) is 5.48 Å². The van der Waals surface area contributed by atoms with Gasteiger partial charge in [0, 0.05) is 18.3 Å². The van der Waals surface area contributed by atoms with Crippen LogP contribution < -0.4 is 16.0 Å². The van der Waals surface area contributed by atoms with E-state index in [2.05, 4.69) is 4.98 Å². The summed E-state index contributed by atoms with van der Waals surface area (Å²) in [5, 5.41) is 10.8. The molecule has 0 amide bonds. The zero-order valence-corrected chi connectivity index (χ0v) is 9.88. The molecule has 0 aliphatic heterocycles. The molecule has 6 nitrogen and oxygen atoms in total. The van der Waals surface area contributed by atoms with E-state index in [9.17, 15) is 5.21 Å². The summed E-state index contributed by atoms with van der Waals surface area (Å²) in [4.78, 5) is 4.03. The summed E-state index contributed by atoms with van der Waals surface area (Å²) in [6.07, 6.45) is 1.66. The predicted molar refractivity (Wildman–Crippen MR) is 69.2 cm³/mol. The molecule has 0 aliphatic carbocycles. The molecule has 6 N–H and O–H groups in total. The molecular formula is C12H15N3O3. The fraction of sp³-hybridized carbons (Fsp3) is 0.0833. The van der Waals surface area contributed by atoms with Gasteiger partial charge in [0.15, 0.2) is 5.69 Å². The largest absolute Gasteiger partial charge is 0.630 e. The lowest BCUT2D eigenvalue weighted by molar-refractivity contribution is -0.496. The second kappa shape index (κ2) is 5.97. The van der Waals surface area contributed by atoms with Crippen LogP contribution in [-0.4, -0.2) is 17.6 Å².